The van der Waals surface area contributed by atoms with Gasteiger partial charge in [-0.2, -0.15) is 0 Å². The molecule has 1 unspecified atom stereocenters. The van der Waals surface area contributed by atoms with Gasteiger partial charge in [0.05, 0.1) is 13.2 Å². The first kappa shape index (κ1) is 14.6. The van der Waals surface area contributed by atoms with Crippen LogP contribution in [0.2, 0.25) is 0 Å². The molecule has 0 fully saturated rings. The Morgan fingerprint density at radius 1 is 1.37 bits per heavy atom. The molecule has 0 bridgehead atoms. The van der Waals surface area contributed by atoms with Crippen molar-refractivity contribution in [3.05, 3.63) is 50.1 Å². The van der Waals surface area contributed by atoms with E-state index in [-0.39, 0.29) is 6.04 Å². The first-order valence-electron chi connectivity index (χ1n) is 6.27. The fourth-order valence-corrected chi connectivity index (χ4v) is 3.68. The van der Waals surface area contributed by atoms with Gasteiger partial charge in [-0.3, -0.25) is 0 Å². The molecule has 19 heavy (non-hydrogen) atoms. The minimum Gasteiger partial charge on any atom is -0.497 e. The molecule has 2 nitrogen and oxygen atoms in total. The third kappa shape index (κ3) is 3.38. The molecular formula is C15H18BrNOS. The number of hydrogen-bond donors (Lipinski definition) is 1. The molecule has 1 atom stereocenters. The predicted octanol–water partition coefficient (Wildman–Crippen LogP) is 4.53. The summed E-state index contributed by atoms with van der Waals surface area (Å²) in [7, 11) is 1.70. The molecule has 0 aliphatic rings. The van der Waals surface area contributed by atoms with Crippen LogP contribution in [0.15, 0.2) is 34.1 Å². The van der Waals surface area contributed by atoms with E-state index < -0.39 is 0 Å². The van der Waals surface area contributed by atoms with Gasteiger partial charge in [0.15, 0.2) is 0 Å². The lowest BCUT2D eigenvalue weighted by Crippen LogP contribution is -2.21. The zero-order valence-corrected chi connectivity index (χ0v) is 13.8. The molecule has 1 N–H and O–H groups in total. The normalized spacial score (nSPS) is 12.4. The molecular weight excluding hydrogens is 322 g/mol. The molecule has 2 aromatic rings. The average molecular weight is 340 g/mol. The van der Waals surface area contributed by atoms with Gasteiger partial charge in [-0.25, -0.2) is 0 Å². The first-order chi connectivity index (χ1) is 9.15. The van der Waals surface area contributed by atoms with Gasteiger partial charge in [0.25, 0.3) is 0 Å². The summed E-state index contributed by atoms with van der Waals surface area (Å²) in [6.07, 6.45) is 0. The number of rotatable bonds is 5. The summed E-state index contributed by atoms with van der Waals surface area (Å²) >= 11 is 5.30. The summed E-state index contributed by atoms with van der Waals surface area (Å²) in [4.78, 5) is 1.32. The van der Waals surface area contributed by atoms with E-state index in [9.17, 15) is 0 Å². The zero-order chi connectivity index (χ0) is 13.8. The number of nitrogens with one attached hydrogen (secondary N) is 1. The van der Waals surface area contributed by atoms with Crippen LogP contribution in [-0.2, 0) is 0 Å². The van der Waals surface area contributed by atoms with Crippen LogP contribution >= 0.6 is 27.3 Å². The van der Waals surface area contributed by atoms with Gasteiger partial charge in [0, 0.05) is 14.7 Å². The second kappa shape index (κ2) is 6.55. The van der Waals surface area contributed by atoms with Gasteiger partial charge in [-0.1, -0.05) is 13.0 Å². The molecule has 102 valence electrons. The Hall–Kier alpha value is -0.840. The quantitative estimate of drug-likeness (QED) is 0.864. The van der Waals surface area contributed by atoms with Crippen molar-refractivity contribution in [2.24, 2.45) is 0 Å². The fraction of sp³-hybridized carbons (Fsp3) is 0.333. The van der Waals surface area contributed by atoms with Gasteiger partial charge >= 0.3 is 0 Å². The molecule has 1 aromatic carbocycles. The summed E-state index contributed by atoms with van der Waals surface area (Å²) in [5, 5.41) is 5.68. The Kier molecular flexibility index (Phi) is 5.02. The number of hydrogen-bond acceptors (Lipinski definition) is 3. The maximum absolute atomic E-state index is 5.27. The Balaban J connectivity index is 2.39. The smallest absolute Gasteiger partial charge is 0.119 e. The van der Waals surface area contributed by atoms with Crippen molar-refractivity contribution < 1.29 is 4.74 Å². The Bertz CT molecular complexity index is 553. The van der Waals surface area contributed by atoms with Crippen LogP contribution in [0.1, 0.15) is 29.0 Å². The van der Waals surface area contributed by atoms with E-state index in [1.54, 1.807) is 18.4 Å². The maximum atomic E-state index is 5.27. The molecule has 2 rings (SSSR count). The molecule has 0 aliphatic heterocycles. The predicted molar refractivity (Wildman–Crippen MR) is 85.3 cm³/mol. The highest BCUT2D eigenvalue weighted by Gasteiger charge is 2.17. The molecule has 0 saturated carbocycles. The van der Waals surface area contributed by atoms with Crippen LogP contribution in [0.25, 0.3) is 0 Å². The lowest BCUT2D eigenvalue weighted by atomic mass is 9.99. The third-order valence-electron chi connectivity index (χ3n) is 3.07. The molecule has 0 aliphatic carbocycles. The summed E-state index contributed by atoms with van der Waals surface area (Å²) in [6, 6.07) is 8.68. The summed E-state index contributed by atoms with van der Waals surface area (Å²) in [5.74, 6) is 0.906. The molecule has 0 radical (unpaired) electrons. The largest absolute Gasteiger partial charge is 0.497 e. The summed E-state index contributed by atoms with van der Waals surface area (Å²) < 4.78 is 6.41. The van der Waals surface area contributed by atoms with Gasteiger partial charge in [-0.05, 0) is 58.7 Å². The summed E-state index contributed by atoms with van der Waals surface area (Å²) in [5.41, 5.74) is 2.55. The van der Waals surface area contributed by atoms with Crippen LogP contribution in [0.3, 0.4) is 0 Å². The molecule has 1 aromatic heterocycles. The number of thiophene rings is 1. The van der Waals surface area contributed by atoms with Crippen molar-refractivity contribution in [3.8, 4) is 5.75 Å². The van der Waals surface area contributed by atoms with E-state index in [2.05, 4.69) is 58.7 Å². The van der Waals surface area contributed by atoms with Crippen molar-refractivity contribution in [1.82, 2.24) is 5.32 Å². The highest BCUT2D eigenvalue weighted by molar-refractivity contribution is 9.10. The molecule has 4 heteroatoms. The van der Waals surface area contributed by atoms with Crippen molar-refractivity contribution in [2.45, 2.75) is 19.9 Å². The molecule has 0 amide bonds. The number of aryl methyl sites for hydroxylation is 1. The fourth-order valence-electron chi connectivity index (χ4n) is 2.15. The van der Waals surface area contributed by atoms with Crippen molar-refractivity contribution in [1.29, 1.82) is 0 Å². The average Bonchev–Trinajstić information content (AvgIpc) is 2.83. The molecule has 1 heterocycles. The van der Waals surface area contributed by atoms with Crippen molar-refractivity contribution in [3.63, 3.8) is 0 Å². The topological polar surface area (TPSA) is 21.3 Å². The Morgan fingerprint density at radius 3 is 2.68 bits per heavy atom. The third-order valence-corrected chi connectivity index (χ3v) is 4.83. The SMILES string of the molecule is CCNC(c1cc(Br)cs1)c1ccc(OC)cc1C. The van der Waals surface area contributed by atoms with E-state index >= 15 is 0 Å². The number of benzene rings is 1. The van der Waals surface area contributed by atoms with Gasteiger partial charge in [0.1, 0.15) is 5.75 Å². The highest BCUT2D eigenvalue weighted by Crippen LogP contribution is 2.32. The number of halogens is 1. The van der Waals surface area contributed by atoms with Crippen LogP contribution in [0, 0.1) is 6.92 Å². The van der Waals surface area contributed by atoms with Gasteiger partial charge < -0.3 is 10.1 Å². The second-order valence-electron chi connectivity index (χ2n) is 4.38. The maximum Gasteiger partial charge on any atom is 0.119 e. The Morgan fingerprint density at radius 2 is 2.16 bits per heavy atom. The van der Waals surface area contributed by atoms with E-state index in [4.69, 9.17) is 4.74 Å². The second-order valence-corrected chi connectivity index (χ2v) is 6.24. The van der Waals surface area contributed by atoms with Crippen molar-refractivity contribution in [2.75, 3.05) is 13.7 Å². The van der Waals surface area contributed by atoms with E-state index in [0.717, 1.165) is 16.8 Å². The van der Waals surface area contributed by atoms with Crippen LogP contribution in [0.5, 0.6) is 5.75 Å². The minimum absolute atomic E-state index is 0.243. The lowest BCUT2D eigenvalue weighted by Gasteiger charge is -2.19. The lowest BCUT2D eigenvalue weighted by molar-refractivity contribution is 0.414. The van der Waals surface area contributed by atoms with Crippen LogP contribution in [-0.4, -0.2) is 13.7 Å². The zero-order valence-electron chi connectivity index (χ0n) is 11.4. The van der Waals surface area contributed by atoms with Gasteiger partial charge in [0.2, 0.25) is 0 Å². The molecule has 0 saturated heterocycles. The molecule has 0 spiro atoms. The monoisotopic (exact) mass is 339 g/mol. The first-order valence-corrected chi connectivity index (χ1v) is 7.94. The highest BCUT2D eigenvalue weighted by atomic mass is 79.9. The van der Waals surface area contributed by atoms with Crippen molar-refractivity contribution >= 4 is 27.3 Å². The van der Waals surface area contributed by atoms with Crippen LogP contribution in [0.4, 0.5) is 0 Å². The summed E-state index contributed by atoms with van der Waals surface area (Å²) in [6.45, 7) is 5.20. The Labute approximate surface area is 126 Å². The number of methoxy groups -OCH3 is 1. The van der Waals surface area contributed by atoms with Crippen LogP contribution < -0.4 is 10.1 Å². The minimum atomic E-state index is 0.243. The van der Waals surface area contributed by atoms with E-state index in [1.165, 1.54) is 16.0 Å². The van der Waals surface area contributed by atoms with E-state index in [1.807, 2.05) is 6.07 Å². The standard InChI is InChI=1S/C15H18BrNOS/c1-4-17-15(14-8-11(16)9-19-14)13-6-5-12(18-3)7-10(13)2/h5-9,15,17H,4H2,1-3H3. The van der Waals surface area contributed by atoms with E-state index in [0.29, 0.717) is 0 Å². The van der Waals surface area contributed by atoms with Gasteiger partial charge in [-0.15, -0.1) is 11.3 Å². The number of ether oxygens (including phenoxy) is 1.